The molecule has 1 fully saturated rings. The summed E-state index contributed by atoms with van der Waals surface area (Å²) >= 11 is 1.39. The molecule has 2 aromatic rings. The molecule has 1 aromatic carbocycles. The lowest BCUT2D eigenvalue weighted by Crippen LogP contribution is -3.05. The summed E-state index contributed by atoms with van der Waals surface area (Å²) in [6, 6.07) is 6.76. The van der Waals surface area contributed by atoms with Crippen molar-refractivity contribution >= 4 is 17.7 Å². The van der Waals surface area contributed by atoms with Crippen LogP contribution in [0.3, 0.4) is 0 Å². The highest BCUT2D eigenvalue weighted by atomic mass is 32.2. The normalized spacial score (nSPS) is 16.2. The lowest BCUT2D eigenvalue weighted by atomic mass is 9.94. The topological polar surface area (TPSA) is 55.5 Å². The zero-order valence-corrected chi connectivity index (χ0v) is 18.5. The molecule has 1 aliphatic rings. The van der Waals surface area contributed by atoms with Crippen LogP contribution in [-0.4, -0.2) is 58.5 Å². The minimum absolute atomic E-state index is 0.0996. The number of nitrogens with zero attached hydrogens (tertiary/aromatic N) is 4. The van der Waals surface area contributed by atoms with E-state index in [2.05, 4.69) is 31.2 Å². The quantitative estimate of drug-likeness (QED) is 0.700. The molecule has 1 aromatic heterocycles. The van der Waals surface area contributed by atoms with E-state index < -0.39 is 0 Å². The van der Waals surface area contributed by atoms with Crippen molar-refractivity contribution in [1.29, 1.82) is 0 Å². The molecule has 0 bridgehead atoms. The van der Waals surface area contributed by atoms with E-state index in [1.165, 1.54) is 48.1 Å². The van der Waals surface area contributed by atoms with Gasteiger partial charge in [0.05, 0.1) is 19.8 Å². The van der Waals surface area contributed by atoms with E-state index in [0.29, 0.717) is 17.0 Å². The Morgan fingerprint density at radius 2 is 1.90 bits per heavy atom. The highest BCUT2D eigenvalue weighted by molar-refractivity contribution is 7.99. The third kappa shape index (κ3) is 5.17. The Balaban J connectivity index is 1.79. The van der Waals surface area contributed by atoms with Crippen LogP contribution >= 0.6 is 11.8 Å². The number of hydrogen-bond donors (Lipinski definition) is 1. The van der Waals surface area contributed by atoms with E-state index >= 15 is 0 Å². The zero-order valence-electron chi connectivity index (χ0n) is 17.7. The van der Waals surface area contributed by atoms with Crippen LogP contribution in [0.2, 0.25) is 0 Å². The molecule has 1 saturated carbocycles. The predicted octanol–water partition coefficient (Wildman–Crippen LogP) is 2.50. The second-order valence-corrected chi connectivity index (χ2v) is 8.98. The standard InChI is InChI=1S/C21H30FN5OS/c1-15(25(2)3)20-23-24-21(27(20)18-12-10-16(22)11-13-18)29-14-19(28)26(4)17-8-6-5-7-9-17/h10-13,15,17H,5-9,14H2,1-4H3/p+1/t15-/m1/s1. The van der Waals surface area contributed by atoms with Crippen LogP contribution in [0.25, 0.3) is 5.69 Å². The summed E-state index contributed by atoms with van der Waals surface area (Å²) in [4.78, 5) is 15.9. The molecule has 1 amide bonds. The van der Waals surface area contributed by atoms with Crippen molar-refractivity contribution in [2.45, 2.75) is 56.3 Å². The van der Waals surface area contributed by atoms with Gasteiger partial charge in [-0.1, -0.05) is 31.0 Å². The first kappa shape index (κ1) is 21.8. The molecule has 158 valence electrons. The molecule has 29 heavy (non-hydrogen) atoms. The maximum Gasteiger partial charge on any atom is 0.233 e. The van der Waals surface area contributed by atoms with Crippen LogP contribution in [0.5, 0.6) is 0 Å². The van der Waals surface area contributed by atoms with Gasteiger partial charge in [0.25, 0.3) is 0 Å². The second-order valence-electron chi connectivity index (χ2n) is 8.04. The first-order valence-electron chi connectivity index (χ1n) is 10.3. The molecule has 0 spiro atoms. The highest BCUT2D eigenvalue weighted by Gasteiger charge is 2.26. The van der Waals surface area contributed by atoms with Crippen LogP contribution in [0.15, 0.2) is 29.4 Å². The molecule has 3 rings (SSSR count). The van der Waals surface area contributed by atoms with E-state index in [4.69, 9.17) is 0 Å². The number of amides is 1. The van der Waals surface area contributed by atoms with Crippen LogP contribution in [0.1, 0.15) is 50.9 Å². The average Bonchev–Trinajstić information content (AvgIpc) is 3.15. The van der Waals surface area contributed by atoms with Crippen LogP contribution in [-0.2, 0) is 4.79 Å². The van der Waals surface area contributed by atoms with Crippen LogP contribution in [0, 0.1) is 5.82 Å². The Kier molecular flexibility index (Phi) is 7.29. The number of aromatic nitrogens is 3. The summed E-state index contributed by atoms with van der Waals surface area (Å²) in [6.07, 6.45) is 5.84. The van der Waals surface area contributed by atoms with Crippen molar-refractivity contribution in [2.75, 3.05) is 26.9 Å². The summed E-state index contributed by atoms with van der Waals surface area (Å²) in [5, 5.41) is 9.42. The monoisotopic (exact) mass is 420 g/mol. The number of carbonyl (C=O) groups excluding carboxylic acids is 1. The maximum absolute atomic E-state index is 13.4. The molecule has 0 saturated heterocycles. The van der Waals surface area contributed by atoms with Gasteiger partial charge in [-0.05, 0) is 44.0 Å². The number of nitrogens with one attached hydrogen (secondary N) is 1. The molecule has 6 nitrogen and oxygen atoms in total. The lowest BCUT2D eigenvalue weighted by molar-refractivity contribution is -0.890. The third-order valence-corrected chi connectivity index (χ3v) is 6.75. The Morgan fingerprint density at radius 3 is 2.52 bits per heavy atom. The fraction of sp³-hybridized carbons (Fsp3) is 0.571. The van der Waals surface area contributed by atoms with E-state index in [9.17, 15) is 9.18 Å². The molecule has 0 aliphatic heterocycles. The Morgan fingerprint density at radius 1 is 1.24 bits per heavy atom. The number of rotatable bonds is 7. The van der Waals surface area contributed by atoms with Crippen LogP contribution in [0.4, 0.5) is 4.39 Å². The molecule has 0 radical (unpaired) electrons. The first-order valence-corrected chi connectivity index (χ1v) is 11.3. The van der Waals surface area contributed by atoms with Crippen molar-refractivity contribution in [3.8, 4) is 5.69 Å². The fourth-order valence-corrected chi connectivity index (χ4v) is 4.53. The number of quaternary nitrogens is 1. The Bertz CT molecular complexity index is 817. The van der Waals surface area contributed by atoms with Gasteiger partial charge in [0.2, 0.25) is 5.91 Å². The van der Waals surface area contributed by atoms with Gasteiger partial charge in [0, 0.05) is 18.8 Å². The number of halogens is 1. The number of hydrogen-bond acceptors (Lipinski definition) is 4. The summed E-state index contributed by atoms with van der Waals surface area (Å²) in [7, 11) is 6.03. The van der Waals surface area contributed by atoms with E-state index in [1.54, 1.807) is 12.1 Å². The molecule has 1 heterocycles. The van der Waals surface area contributed by atoms with E-state index in [0.717, 1.165) is 24.4 Å². The molecular formula is C21H31FN5OS+. The minimum Gasteiger partial charge on any atom is -0.342 e. The molecular weight excluding hydrogens is 389 g/mol. The smallest absolute Gasteiger partial charge is 0.233 e. The minimum atomic E-state index is -0.284. The molecule has 1 atom stereocenters. The van der Waals surface area contributed by atoms with Crippen molar-refractivity contribution < 1.29 is 14.1 Å². The van der Waals surface area contributed by atoms with Crippen molar-refractivity contribution in [1.82, 2.24) is 19.7 Å². The number of carbonyl (C=O) groups is 1. The Hall–Kier alpha value is -1.93. The summed E-state index contributed by atoms with van der Waals surface area (Å²) in [5.41, 5.74) is 0.801. The summed E-state index contributed by atoms with van der Waals surface area (Å²) in [5.74, 6) is 0.943. The predicted molar refractivity (Wildman–Crippen MR) is 113 cm³/mol. The number of benzene rings is 1. The molecule has 8 heteroatoms. The van der Waals surface area contributed by atoms with Crippen molar-refractivity contribution in [2.24, 2.45) is 0 Å². The van der Waals surface area contributed by atoms with Gasteiger partial charge in [-0.2, -0.15) is 0 Å². The largest absolute Gasteiger partial charge is 0.342 e. The number of thioether (sulfide) groups is 1. The average molecular weight is 421 g/mol. The van der Waals surface area contributed by atoms with Gasteiger partial charge < -0.3 is 9.80 Å². The SMILES string of the molecule is C[C@H](c1nnc(SCC(=O)N(C)C2CCCCC2)n1-c1ccc(F)cc1)[NH+](C)C. The summed E-state index contributed by atoms with van der Waals surface area (Å²) in [6.45, 7) is 2.08. The fourth-order valence-electron chi connectivity index (χ4n) is 3.65. The van der Waals surface area contributed by atoms with Gasteiger partial charge in [0.1, 0.15) is 11.9 Å². The molecule has 1 aliphatic carbocycles. The van der Waals surface area contributed by atoms with E-state index in [-0.39, 0.29) is 17.8 Å². The Labute approximate surface area is 176 Å². The van der Waals surface area contributed by atoms with Crippen molar-refractivity contribution in [3.63, 3.8) is 0 Å². The van der Waals surface area contributed by atoms with E-state index in [1.807, 2.05) is 16.5 Å². The van der Waals surface area contributed by atoms with Gasteiger partial charge in [-0.15, -0.1) is 10.2 Å². The van der Waals surface area contributed by atoms with Crippen LogP contribution < -0.4 is 4.90 Å². The molecule has 1 N–H and O–H groups in total. The van der Waals surface area contributed by atoms with Gasteiger partial charge in [-0.25, -0.2) is 4.39 Å². The van der Waals surface area contributed by atoms with Gasteiger partial charge in [0.15, 0.2) is 11.0 Å². The summed E-state index contributed by atoms with van der Waals surface area (Å²) < 4.78 is 15.4. The molecule has 0 unspecified atom stereocenters. The third-order valence-electron chi connectivity index (χ3n) is 5.84. The highest BCUT2D eigenvalue weighted by Crippen LogP contribution is 2.26. The first-order chi connectivity index (χ1) is 13.9. The van der Waals surface area contributed by atoms with Gasteiger partial charge >= 0.3 is 0 Å². The maximum atomic E-state index is 13.4. The zero-order chi connectivity index (χ0) is 21.0. The second kappa shape index (κ2) is 9.71. The van der Waals surface area contributed by atoms with Gasteiger partial charge in [-0.3, -0.25) is 9.36 Å². The van der Waals surface area contributed by atoms with Crippen molar-refractivity contribution in [3.05, 3.63) is 35.9 Å². The lowest BCUT2D eigenvalue weighted by Gasteiger charge is -2.31.